The summed E-state index contributed by atoms with van der Waals surface area (Å²) in [5.41, 5.74) is 0.376. The van der Waals surface area contributed by atoms with E-state index in [9.17, 15) is 35.4 Å². The van der Waals surface area contributed by atoms with E-state index in [1.165, 1.54) is 6.07 Å². The molecule has 0 aromatic heterocycles. The number of carbonyl (C=O) groups is 1. The Morgan fingerprint density at radius 3 is 2.09 bits per heavy atom. The lowest BCUT2D eigenvalue weighted by Gasteiger charge is -2.13. The predicted molar refractivity (Wildman–Crippen MR) is 78.0 cm³/mol. The van der Waals surface area contributed by atoms with Gasteiger partial charge in [0.05, 0.1) is 0 Å². The van der Waals surface area contributed by atoms with Gasteiger partial charge in [-0.3, -0.25) is 4.79 Å². The Bertz CT molecular complexity index is 722. The topological polar surface area (TPSA) is 150 Å². The van der Waals surface area contributed by atoms with Crippen LogP contribution in [-0.2, 0) is 11.3 Å². The maximum atomic E-state index is 11.9. The van der Waals surface area contributed by atoms with Crippen LogP contribution in [0.1, 0.15) is 17.2 Å². The molecule has 0 saturated carbocycles. The largest absolute Gasteiger partial charge is 0.504 e. The fourth-order valence-corrected chi connectivity index (χ4v) is 1.91. The van der Waals surface area contributed by atoms with E-state index in [1.807, 2.05) is 0 Å². The average molecular weight is 321 g/mol. The second kappa shape index (κ2) is 6.32. The number of carbonyl (C=O) groups excluding carboxylic acids is 1. The summed E-state index contributed by atoms with van der Waals surface area (Å²) < 4.78 is 0. The summed E-state index contributed by atoms with van der Waals surface area (Å²) in [4.78, 5) is 11.9. The number of aromatic hydroxyl groups is 5. The fourth-order valence-electron chi connectivity index (χ4n) is 1.91. The van der Waals surface area contributed by atoms with Crippen LogP contribution in [0, 0.1) is 0 Å². The minimum absolute atomic E-state index is 0.0780. The first kappa shape index (κ1) is 16.2. The zero-order valence-electron chi connectivity index (χ0n) is 11.8. The number of phenolic OH excluding ortho intramolecular Hbond substituents is 5. The van der Waals surface area contributed by atoms with Crippen molar-refractivity contribution in [3.8, 4) is 28.7 Å². The second-order valence-electron chi connectivity index (χ2n) is 4.85. The lowest BCUT2D eigenvalue weighted by Crippen LogP contribution is -2.28. The Morgan fingerprint density at radius 1 is 0.913 bits per heavy atom. The number of benzene rings is 2. The molecular formula is C15H15NO7. The molecule has 1 unspecified atom stereocenters. The zero-order chi connectivity index (χ0) is 17.1. The number of rotatable bonds is 4. The first-order valence-electron chi connectivity index (χ1n) is 6.51. The third-order valence-electron chi connectivity index (χ3n) is 3.16. The highest BCUT2D eigenvalue weighted by Gasteiger charge is 2.19. The van der Waals surface area contributed by atoms with Crippen molar-refractivity contribution < 1.29 is 35.4 Å². The van der Waals surface area contributed by atoms with E-state index in [0.29, 0.717) is 5.56 Å². The minimum atomic E-state index is -1.58. The molecule has 1 atom stereocenters. The van der Waals surface area contributed by atoms with Gasteiger partial charge in [0, 0.05) is 6.54 Å². The van der Waals surface area contributed by atoms with Gasteiger partial charge in [-0.05, 0) is 35.4 Å². The van der Waals surface area contributed by atoms with Crippen molar-refractivity contribution in [3.63, 3.8) is 0 Å². The summed E-state index contributed by atoms with van der Waals surface area (Å²) in [5, 5.41) is 58.8. The quantitative estimate of drug-likeness (QED) is 0.407. The van der Waals surface area contributed by atoms with Crippen LogP contribution in [-0.4, -0.2) is 36.5 Å². The number of nitrogens with one attached hydrogen (secondary N) is 1. The molecule has 0 bridgehead atoms. The van der Waals surface area contributed by atoms with Gasteiger partial charge in [-0.15, -0.1) is 0 Å². The molecule has 7 N–H and O–H groups in total. The number of hydrogen-bond acceptors (Lipinski definition) is 7. The Hall–Kier alpha value is -3.13. The predicted octanol–water partition coefficient (Wildman–Crippen LogP) is 0.564. The fraction of sp³-hybridized carbons (Fsp3) is 0.133. The van der Waals surface area contributed by atoms with Crippen LogP contribution in [0.3, 0.4) is 0 Å². The molecule has 8 nitrogen and oxygen atoms in total. The van der Waals surface area contributed by atoms with E-state index in [-0.39, 0.29) is 17.9 Å². The van der Waals surface area contributed by atoms with E-state index in [1.54, 1.807) is 0 Å². The van der Waals surface area contributed by atoms with Crippen LogP contribution in [0.2, 0.25) is 0 Å². The molecule has 122 valence electrons. The van der Waals surface area contributed by atoms with Gasteiger partial charge in [-0.2, -0.15) is 0 Å². The van der Waals surface area contributed by atoms with E-state index in [0.717, 1.165) is 24.3 Å². The Labute approximate surface area is 130 Å². The monoisotopic (exact) mass is 321 g/mol. The van der Waals surface area contributed by atoms with Gasteiger partial charge >= 0.3 is 0 Å². The Morgan fingerprint density at radius 2 is 1.52 bits per heavy atom. The van der Waals surface area contributed by atoms with E-state index in [4.69, 9.17) is 0 Å². The summed E-state index contributed by atoms with van der Waals surface area (Å²) in [7, 11) is 0. The molecular weight excluding hydrogens is 306 g/mol. The maximum absolute atomic E-state index is 11.9. The molecule has 0 aliphatic rings. The molecule has 0 radical (unpaired) electrons. The zero-order valence-corrected chi connectivity index (χ0v) is 11.8. The molecule has 0 spiro atoms. The molecule has 0 aliphatic heterocycles. The van der Waals surface area contributed by atoms with Crippen LogP contribution < -0.4 is 5.32 Å². The van der Waals surface area contributed by atoms with Gasteiger partial charge < -0.3 is 36.0 Å². The molecule has 0 saturated heterocycles. The molecule has 2 rings (SSSR count). The van der Waals surface area contributed by atoms with Crippen LogP contribution in [0.5, 0.6) is 28.7 Å². The first-order valence-corrected chi connectivity index (χ1v) is 6.51. The van der Waals surface area contributed by atoms with Crippen LogP contribution in [0.4, 0.5) is 0 Å². The summed E-state index contributed by atoms with van der Waals surface area (Å²) in [6.07, 6.45) is -1.58. The number of aliphatic hydroxyl groups excluding tert-OH is 1. The van der Waals surface area contributed by atoms with Crippen molar-refractivity contribution in [2.24, 2.45) is 0 Å². The van der Waals surface area contributed by atoms with Gasteiger partial charge in [0.15, 0.2) is 34.9 Å². The lowest BCUT2D eigenvalue weighted by molar-refractivity contribution is -0.129. The Balaban J connectivity index is 2.05. The summed E-state index contributed by atoms with van der Waals surface area (Å²) >= 11 is 0. The van der Waals surface area contributed by atoms with Crippen molar-refractivity contribution in [1.82, 2.24) is 5.32 Å². The van der Waals surface area contributed by atoms with E-state index >= 15 is 0 Å². The van der Waals surface area contributed by atoms with Crippen LogP contribution in [0.15, 0.2) is 30.3 Å². The SMILES string of the molecule is O=C(NCc1cc(O)c(O)c(O)c1)C(O)c1ccc(O)c(O)c1. The third-order valence-corrected chi connectivity index (χ3v) is 3.16. The number of amides is 1. The van der Waals surface area contributed by atoms with Crippen molar-refractivity contribution in [3.05, 3.63) is 41.5 Å². The highest BCUT2D eigenvalue weighted by molar-refractivity contribution is 5.82. The van der Waals surface area contributed by atoms with Crippen LogP contribution in [0.25, 0.3) is 0 Å². The summed E-state index contributed by atoms with van der Waals surface area (Å²) in [5.74, 6) is -3.39. The van der Waals surface area contributed by atoms with Crippen molar-refractivity contribution in [1.29, 1.82) is 0 Å². The standard InChI is InChI=1S/C15H15NO7/c17-9-2-1-8(5-10(9)18)13(21)15(23)16-6-7-3-11(19)14(22)12(20)4-7/h1-5,13,17-22H,6H2,(H,16,23). The van der Waals surface area contributed by atoms with Gasteiger partial charge in [-0.1, -0.05) is 6.07 Å². The molecule has 23 heavy (non-hydrogen) atoms. The summed E-state index contributed by atoms with van der Waals surface area (Å²) in [6.45, 7) is -0.124. The van der Waals surface area contributed by atoms with Gasteiger partial charge in [-0.25, -0.2) is 0 Å². The molecule has 0 fully saturated rings. The van der Waals surface area contributed by atoms with Crippen molar-refractivity contribution in [2.45, 2.75) is 12.6 Å². The van der Waals surface area contributed by atoms with E-state index in [2.05, 4.69) is 5.32 Å². The number of aliphatic hydroxyl groups is 1. The molecule has 0 aliphatic carbocycles. The van der Waals surface area contributed by atoms with Gasteiger partial charge in [0.25, 0.3) is 5.91 Å². The number of phenols is 5. The second-order valence-corrected chi connectivity index (χ2v) is 4.85. The van der Waals surface area contributed by atoms with Gasteiger partial charge in [0.1, 0.15) is 0 Å². The molecule has 2 aromatic carbocycles. The molecule has 0 heterocycles. The first-order chi connectivity index (χ1) is 10.8. The third kappa shape index (κ3) is 3.55. The van der Waals surface area contributed by atoms with Crippen LogP contribution >= 0.6 is 0 Å². The Kier molecular flexibility index (Phi) is 4.47. The number of hydrogen-bond donors (Lipinski definition) is 7. The average Bonchev–Trinajstić information content (AvgIpc) is 2.52. The highest BCUT2D eigenvalue weighted by Crippen LogP contribution is 2.35. The van der Waals surface area contributed by atoms with Gasteiger partial charge in [0.2, 0.25) is 0 Å². The van der Waals surface area contributed by atoms with Crippen molar-refractivity contribution in [2.75, 3.05) is 0 Å². The maximum Gasteiger partial charge on any atom is 0.253 e. The minimum Gasteiger partial charge on any atom is -0.504 e. The molecule has 8 heteroatoms. The highest BCUT2D eigenvalue weighted by atomic mass is 16.3. The molecule has 1 amide bonds. The summed E-state index contributed by atoms with van der Waals surface area (Å²) in [6, 6.07) is 5.76. The molecule has 2 aromatic rings. The van der Waals surface area contributed by atoms with Crippen molar-refractivity contribution >= 4 is 5.91 Å². The van der Waals surface area contributed by atoms with E-state index < -0.39 is 35.0 Å². The smallest absolute Gasteiger partial charge is 0.253 e. The lowest BCUT2D eigenvalue weighted by atomic mass is 10.1. The normalized spacial score (nSPS) is 11.9.